The number of benzene rings is 2. The molecule has 0 unspecified atom stereocenters. The highest BCUT2D eigenvalue weighted by Crippen LogP contribution is 2.39. The fraction of sp³-hybridized carbons (Fsp3) is 0.238. The number of thioether (sulfide) groups is 1. The summed E-state index contributed by atoms with van der Waals surface area (Å²) < 4.78 is 5.22. The molecule has 2 amide bonds. The van der Waals surface area contributed by atoms with Crippen LogP contribution in [-0.4, -0.2) is 24.5 Å². The lowest BCUT2D eigenvalue weighted by Crippen LogP contribution is -2.40. The van der Waals surface area contributed by atoms with Gasteiger partial charge in [0.15, 0.2) is 0 Å². The molecular weight excluding hydrogens is 360 g/mol. The van der Waals surface area contributed by atoms with Gasteiger partial charge >= 0.3 is 0 Å². The molecule has 0 bridgehead atoms. The zero-order valence-corrected chi connectivity index (χ0v) is 16.6. The zero-order chi connectivity index (χ0) is 19.6. The van der Waals surface area contributed by atoms with Crippen LogP contribution in [-0.2, 0) is 4.79 Å². The number of fused-ring (bicyclic) bond motifs is 1. The fourth-order valence-electron chi connectivity index (χ4n) is 2.60. The smallest absolute Gasteiger partial charge is 0.262 e. The SMILES string of the molecule is COc1cccc(C=C2Sc3ccc(C(=O)NC(C)(C)C)cc3NC2=O)c1. The first-order valence-corrected chi connectivity index (χ1v) is 9.38. The van der Waals surface area contributed by atoms with E-state index < -0.39 is 0 Å². The van der Waals surface area contributed by atoms with Crippen molar-refractivity contribution in [2.24, 2.45) is 0 Å². The first kappa shape index (κ1) is 19.0. The van der Waals surface area contributed by atoms with E-state index in [-0.39, 0.29) is 17.4 Å². The van der Waals surface area contributed by atoms with Crippen molar-refractivity contribution in [3.8, 4) is 5.75 Å². The van der Waals surface area contributed by atoms with E-state index in [2.05, 4.69) is 10.6 Å². The summed E-state index contributed by atoms with van der Waals surface area (Å²) in [6, 6.07) is 12.9. The third-order valence-electron chi connectivity index (χ3n) is 3.81. The topological polar surface area (TPSA) is 67.4 Å². The molecule has 5 nitrogen and oxygen atoms in total. The number of ether oxygens (including phenoxy) is 1. The van der Waals surface area contributed by atoms with E-state index in [9.17, 15) is 9.59 Å². The number of hydrogen-bond donors (Lipinski definition) is 2. The fourth-order valence-corrected chi connectivity index (χ4v) is 3.53. The van der Waals surface area contributed by atoms with E-state index >= 15 is 0 Å². The van der Waals surface area contributed by atoms with Gasteiger partial charge in [-0.05, 0) is 62.7 Å². The van der Waals surface area contributed by atoms with E-state index in [4.69, 9.17) is 4.74 Å². The molecule has 27 heavy (non-hydrogen) atoms. The Morgan fingerprint density at radius 2 is 1.96 bits per heavy atom. The van der Waals surface area contributed by atoms with Gasteiger partial charge in [-0.2, -0.15) is 0 Å². The number of amides is 2. The molecule has 0 spiro atoms. The van der Waals surface area contributed by atoms with Crippen LogP contribution in [0.25, 0.3) is 6.08 Å². The minimum absolute atomic E-state index is 0.165. The van der Waals surface area contributed by atoms with Crippen LogP contribution in [0.2, 0.25) is 0 Å². The average Bonchev–Trinajstić information content (AvgIpc) is 2.60. The van der Waals surface area contributed by atoms with Crippen molar-refractivity contribution in [3.05, 3.63) is 58.5 Å². The number of anilines is 1. The summed E-state index contributed by atoms with van der Waals surface area (Å²) in [5.74, 6) is 0.381. The molecule has 1 aliphatic rings. The molecule has 1 aliphatic heterocycles. The van der Waals surface area contributed by atoms with E-state index in [1.54, 1.807) is 19.2 Å². The molecule has 0 saturated heterocycles. The van der Waals surface area contributed by atoms with Crippen molar-refractivity contribution in [1.29, 1.82) is 0 Å². The van der Waals surface area contributed by atoms with Crippen LogP contribution in [0.4, 0.5) is 5.69 Å². The van der Waals surface area contributed by atoms with Gasteiger partial charge in [-0.15, -0.1) is 0 Å². The van der Waals surface area contributed by atoms with Gasteiger partial charge in [0.25, 0.3) is 11.8 Å². The number of hydrogen-bond acceptors (Lipinski definition) is 4. The molecule has 2 aromatic rings. The lowest BCUT2D eigenvalue weighted by molar-refractivity contribution is -0.112. The molecule has 0 fully saturated rings. The molecule has 0 aromatic heterocycles. The van der Waals surface area contributed by atoms with Crippen LogP contribution < -0.4 is 15.4 Å². The third kappa shape index (κ3) is 4.71. The van der Waals surface area contributed by atoms with Crippen molar-refractivity contribution < 1.29 is 14.3 Å². The van der Waals surface area contributed by atoms with Crippen LogP contribution in [0.15, 0.2) is 52.3 Å². The summed E-state index contributed by atoms with van der Waals surface area (Å²) in [6.45, 7) is 5.78. The van der Waals surface area contributed by atoms with E-state index in [0.717, 1.165) is 16.2 Å². The summed E-state index contributed by atoms with van der Waals surface area (Å²) in [5, 5.41) is 5.80. The van der Waals surface area contributed by atoms with E-state index in [1.165, 1.54) is 11.8 Å². The van der Waals surface area contributed by atoms with Gasteiger partial charge in [0, 0.05) is 16.0 Å². The van der Waals surface area contributed by atoms with Crippen LogP contribution in [0.1, 0.15) is 36.7 Å². The van der Waals surface area contributed by atoms with E-state index in [0.29, 0.717) is 16.2 Å². The second-order valence-corrected chi connectivity index (χ2v) is 8.34. The van der Waals surface area contributed by atoms with Gasteiger partial charge in [-0.25, -0.2) is 0 Å². The van der Waals surface area contributed by atoms with Crippen LogP contribution in [0.5, 0.6) is 5.75 Å². The molecular formula is C21H22N2O3S. The van der Waals surface area contributed by atoms with Gasteiger partial charge in [-0.3, -0.25) is 9.59 Å². The minimum atomic E-state index is -0.322. The van der Waals surface area contributed by atoms with Crippen LogP contribution in [0, 0.1) is 0 Å². The highest BCUT2D eigenvalue weighted by Gasteiger charge is 2.23. The Morgan fingerprint density at radius 3 is 2.67 bits per heavy atom. The summed E-state index contributed by atoms with van der Waals surface area (Å²) in [5.41, 5.74) is 1.73. The lowest BCUT2D eigenvalue weighted by Gasteiger charge is -2.22. The first-order valence-electron chi connectivity index (χ1n) is 8.57. The van der Waals surface area contributed by atoms with Gasteiger partial charge in [-0.1, -0.05) is 23.9 Å². The molecule has 0 aliphatic carbocycles. The normalized spacial score (nSPS) is 15.1. The largest absolute Gasteiger partial charge is 0.497 e. The Labute approximate surface area is 163 Å². The molecule has 140 valence electrons. The number of carbonyl (C=O) groups is 2. The summed E-state index contributed by atoms with van der Waals surface area (Å²) in [6.07, 6.45) is 1.83. The number of rotatable bonds is 3. The Bertz CT molecular complexity index is 929. The standard InChI is InChI=1S/C21H22N2O3S/c1-21(2,3)23-19(24)14-8-9-17-16(12-14)22-20(25)18(27-17)11-13-6-5-7-15(10-13)26-4/h5-12H,1-4H3,(H,22,25)(H,23,24). The summed E-state index contributed by atoms with van der Waals surface area (Å²) in [7, 11) is 1.61. The lowest BCUT2D eigenvalue weighted by atomic mass is 10.1. The van der Waals surface area contributed by atoms with Crippen molar-refractivity contribution >= 4 is 35.3 Å². The maximum atomic E-state index is 12.5. The number of nitrogens with one attached hydrogen (secondary N) is 2. The predicted molar refractivity (Wildman–Crippen MR) is 109 cm³/mol. The highest BCUT2D eigenvalue weighted by atomic mass is 32.2. The third-order valence-corrected chi connectivity index (χ3v) is 4.91. The minimum Gasteiger partial charge on any atom is -0.497 e. The average molecular weight is 382 g/mol. The molecule has 2 aromatic carbocycles. The Kier molecular flexibility index (Phi) is 5.28. The van der Waals surface area contributed by atoms with E-state index in [1.807, 2.05) is 57.2 Å². The van der Waals surface area contributed by atoms with Crippen molar-refractivity contribution in [2.45, 2.75) is 31.2 Å². The van der Waals surface area contributed by atoms with Gasteiger partial charge < -0.3 is 15.4 Å². The molecule has 2 N–H and O–H groups in total. The monoisotopic (exact) mass is 382 g/mol. The number of methoxy groups -OCH3 is 1. The quantitative estimate of drug-likeness (QED) is 0.777. The van der Waals surface area contributed by atoms with Crippen molar-refractivity contribution in [2.75, 3.05) is 12.4 Å². The second kappa shape index (κ2) is 7.48. The Balaban J connectivity index is 1.84. The molecule has 0 saturated carbocycles. The van der Waals surface area contributed by atoms with Crippen LogP contribution in [0.3, 0.4) is 0 Å². The molecule has 0 radical (unpaired) electrons. The van der Waals surface area contributed by atoms with Crippen molar-refractivity contribution in [3.63, 3.8) is 0 Å². The van der Waals surface area contributed by atoms with Gasteiger partial charge in [0.05, 0.1) is 17.7 Å². The zero-order valence-electron chi connectivity index (χ0n) is 15.8. The number of carbonyl (C=O) groups excluding carboxylic acids is 2. The van der Waals surface area contributed by atoms with Crippen LogP contribution >= 0.6 is 11.8 Å². The second-order valence-electron chi connectivity index (χ2n) is 7.26. The molecule has 6 heteroatoms. The maximum absolute atomic E-state index is 12.5. The summed E-state index contributed by atoms with van der Waals surface area (Å²) >= 11 is 1.38. The molecule has 0 atom stereocenters. The predicted octanol–water partition coefficient (Wildman–Crippen LogP) is 4.31. The van der Waals surface area contributed by atoms with Gasteiger partial charge in [0.2, 0.25) is 0 Å². The molecule has 1 heterocycles. The maximum Gasteiger partial charge on any atom is 0.262 e. The van der Waals surface area contributed by atoms with Gasteiger partial charge in [0.1, 0.15) is 5.75 Å². The summed E-state index contributed by atoms with van der Waals surface area (Å²) in [4.78, 5) is 26.3. The van der Waals surface area contributed by atoms with Crippen molar-refractivity contribution in [1.82, 2.24) is 5.32 Å². The first-order chi connectivity index (χ1) is 12.7. The Morgan fingerprint density at radius 1 is 1.19 bits per heavy atom. The Hall–Kier alpha value is -2.73. The highest BCUT2D eigenvalue weighted by molar-refractivity contribution is 8.04. The molecule has 3 rings (SSSR count).